The molecule has 3 aromatic rings. The zero-order valence-corrected chi connectivity index (χ0v) is 11.8. The van der Waals surface area contributed by atoms with E-state index in [1.165, 1.54) is 12.1 Å². The van der Waals surface area contributed by atoms with Gasteiger partial charge in [0.2, 0.25) is 0 Å². The molecule has 0 fully saturated rings. The standard InChI is InChI=1S/C13H11N5O2S/c1-7-2-3-8-9(6-7)16-13(15-8)21-12-10(18(19)20)4-5-11(14)17-12/h2-6H,1H3,(H2,14,17)(H,15,16). The predicted molar refractivity (Wildman–Crippen MR) is 80.3 cm³/mol. The molecule has 0 aliphatic carbocycles. The Bertz CT molecular complexity index is 846. The predicted octanol–water partition coefficient (Wildman–Crippen LogP) is 2.91. The Kier molecular flexibility index (Phi) is 3.22. The van der Waals surface area contributed by atoms with E-state index in [2.05, 4.69) is 15.0 Å². The SMILES string of the molecule is Cc1ccc2nc(Sc3nc(N)ccc3[N+](=O)[O-])[nH]c2c1. The normalized spacial score (nSPS) is 10.9. The van der Waals surface area contributed by atoms with Crippen LogP contribution in [-0.4, -0.2) is 19.9 Å². The Morgan fingerprint density at radius 1 is 1.29 bits per heavy atom. The minimum atomic E-state index is -0.485. The molecule has 0 bridgehead atoms. The van der Waals surface area contributed by atoms with Crippen molar-refractivity contribution in [3.05, 3.63) is 46.0 Å². The molecular weight excluding hydrogens is 290 g/mol. The summed E-state index contributed by atoms with van der Waals surface area (Å²) >= 11 is 1.09. The summed E-state index contributed by atoms with van der Waals surface area (Å²) in [6.07, 6.45) is 0. The molecule has 0 atom stereocenters. The van der Waals surface area contributed by atoms with Crippen LogP contribution in [0.4, 0.5) is 11.5 Å². The summed E-state index contributed by atoms with van der Waals surface area (Å²) in [5.41, 5.74) is 8.29. The molecule has 0 saturated heterocycles. The van der Waals surface area contributed by atoms with Crippen LogP contribution in [0.25, 0.3) is 11.0 Å². The minimum Gasteiger partial charge on any atom is -0.384 e. The van der Waals surface area contributed by atoms with Gasteiger partial charge in [0.15, 0.2) is 10.2 Å². The lowest BCUT2D eigenvalue weighted by molar-refractivity contribution is -0.388. The van der Waals surface area contributed by atoms with Crippen LogP contribution in [-0.2, 0) is 0 Å². The van der Waals surface area contributed by atoms with Crippen molar-refractivity contribution in [1.82, 2.24) is 15.0 Å². The quantitative estimate of drug-likeness (QED) is 0.568. The van der Waals surface area contributed by atoms with Gasteiger partial charge in [-0.3, -0.25) is 10.1 Å². The van der Waals surface area contributed by atoms with Gasteiger partial charge in [-0.2, -0.15) is 0 Å². The van der Waals surface area contributed by atoms with Gasteiger partial charge in [-0.15, -0.1) is 0 Å². The molecule has 7 nitrogen and oxygen atoms in total. The fraction of sp³-hybridized carbons (Fsp3) is 0.0769. The second kappa shape index (κ2) is 5.06. The highest BCUT2D eigenvalue weighted by molar-refractivity contribution is 7.99. The summed E-state index contributed by atoms with van der Waals surface area (Å²) in [5, 5.41) is 11.8. The van der Waals surface area contributed by atoms with Crippen molar-refractivity contribution in [2.75, 3.05) is 5.73 Å². The summed E-state index contributed by atoms with van der Waals surface area (Å²) in [4.78, 5) is 22.1. The lowest BCUT2D eigenvalue weighted by Gasteiger charge is -2.00. The molecule has 0 aliphatic heterocycles. The molecule has 106 valence electrons. The molecule has 0 amide bonds. The van der Waals surface area contributed by atoms with Crippen LogP contribution >= 0.6 is 11.8 Å². The Morgan fingerprint density at radius 3 is 2.86 bits per heavy atom. The topological polar surface area (TPSA) is 111 Å². The Morgan fingerprint density at radius 2 is 2.10 bits per heavy atom. The highest BCUT2D eigenvalue weighted by Gasteiger charge is 2.18. The summed E-state index contributed by atoms with van der Waals surface area (Å²) in [7, 11) is 0. The number of rotatable bonds is 3. The van der Waals surface area contributed by atoms with Gasteiger partial charge in [0, 0.05) is 6.07 Å². The number of aryl methyl sites for hydroxylation is 1. The second-order valence-electron chi connectivity index (χ2n) is 4.48. The number of nitrogens with two attached hydrogens (primary N) is 1. The number of nitro groups is 1. The summed E-state index contributed by atoms with van der Waals surface area (Å²) in [6.45, 7) is 1.98. The molecule has 3 N–H and O–H groups in total. The number of nitrogen functional groups attached to an aromatic ring is 1. The van der Waals surface area contributed by atoms with E-state index in [1.807, 2.05) is 25.1 Å². The molecule has 8 heteroatoms. The van der Waals surface area contributed by atoms with E-state index in [0.717, 1.165) is 28.4 Å². The smallest absolute Gasteiger partial charge is 0.301 e. The molecule has 0 radical (unpaired) electrons. The van der Waals surface area contributed by atoms with E-state index in [4.69, 9.17) is 5.73 Å². The maximum atomic E-state index is 11.0. The number of nitrogens with zero attached hydrogens (tertiary/aromatic N) is 3. The Balaban J connectivity index is 2.02. The molecule has 0 aliphatic rings. The maximum absolute atomic E-state index is 11.0. The van der Waals surface area contributed by atoms with E-state index >= 15 is 0 Å². The Labute approximate surface area is 123 Å². The first-order chi connectivity index (χ1) is 10.0. The fourth-order valence-corrected chi connectivity index (χ4v) is 2.79. The number of fused-ring (bicyclic) bond motifs is 1. The molecule has 0 unspecified atom stereocenters. The fourth-order valence-electron chi connectivity index (χ4n) is 1.90. The van der Waals surface area contributed by atoms with Gasteiger partial charge in [0.25, 0.3) is 0 Å². The number of aromatic amines is 1. The molecule has 0 saturated carbocycles. The van der Waals surface area contributed by atoms with Crippen LogP contribution in [0.15, 0.2) is 40.5 Å². The first-order valence-electron chi connectivity index (χ1n) is 6.08. The van der Waals surface area contributed by atoms with Crippen LogP contribution in [0.2, 0.25) is 0 Å². The van der Waals surface area contributed by atoms with Gasteiger partial charge in [-0.1, -0.05) is 6.07 Å². The van der Waals surface area contributed by atoms with Crippen molar-refractivity contribution in [1.29, 1.82) is 0 Å². The van der Waals surface area contributed by atoms with E-state index in [0.29, 0.717) is 5.16 Å². The van der Waals surface area contributed by atoms with Crippen LogP contribution in [0.5, 0.6) is 0 Å². The lowest BCUT2D eigenvalue weighted by Crippen LogP contribution is -1.97. The highest BCUT2D eigenvalue weighted by atomic mass is 32.2. The van der Waals surface area contributed by atoms with E-state index in [1.54, 1.807) is 0 Å². The molecule has 3 rings (SSSR count). The third-order valence-corrected chi connectivity index (χ3v) is 3.75. The van der Waals surface area contributed by atoms with E-state index in [9.17, 15) is 10.1 Å². The Hall–Kier alpha value is -2.61. The first kappa shape index (κ1) is 13.4. The summed E-state index contributed by atoms with van der Waals surface area (Å²) < 4.78 is 0. The number of benzene rings is 1. The zero-order chi connectivity index (χ0) is 15.0. The number of aromatic nitrogens is 3. The first-order valence-corrected chi connectivity index (χ1v) is 6.90. The number of hydrogen-bond acceptors (Lipinski definition) is 6. The number of imidazole rings is 1. The maximum Gasteiger partial charge on any atom is 0.301 e. The summed E-state index contributed by atoms with van der Waals surface area (Å²) in [6, 6.07) is 8.57. The molecule has 2 aromatic heterocycles. The van der Waals surface area contributed by atoms with Crippen LogP contribution in [0.3, 0.4) is 0 Å². The molecule has 2 heterocycles. The van der Waals surface area contributed by atoms with E-state index in [-0.39, 0.29) is 16.5 Å². The van der Waals surface area contributed by atoms with Gasteiger partial charge in [0.1, 0.15) is 5.82 Å². The van der Waals surface area contributed by atoms with Gasteiger partial charge in [-0.25, -0.2) is 9.97 Å². The zero-order valence-electron chi connectivity index (χ0n) is 11.0. The minimum absolute atomic E-state index is 0.0918. The highest BCUT2D eigenvalue weighted by Crippen LogP contribution is 2.33. The number of H-pyrrole nitrogens is 1. The third-order valence-electron chi connectivity index (χ3n) is 2.87. The number of nitrogens with one attached hydrogen (secondary N) is 1. The second-order valence-corrected chi connectivity index (χ2v) is 5.46. The lowest BCUT2D eigenvalue weighted by atomic mass is 10.2. The van der Waals surface area contributed by atoms with Gasteiger partial charge < -0.3 is 10.7 Å². The van der Waals surface area contributed by atoms with Crippen molar-refractivity contribution in [3.63, 3.8) is 0 Å². The largest absolute Gasteiger partial charge is 0.384 e. The molecule has 21 heavy (non-hydrogen) atoms. The van der Waals surface area contributed by atoms with Crippen molar-refractivity contribution in [3.8, 4) is 0 Å². The van der Waals surface area contributed by atoms with Crippen LogP contribution in [0.1, 0.15) is 5.56 Å². The average molecular weight is 301 g/mol. The number of pyridine rings is 1. The van der Waals surface area contributed by atoms with Gasteiger partial charge >= 0.3 is 5.69 Å². The average Bonchev–Trinajstić information content (AvgIpc) is 2.79. The van der Waals surface area contributed by atoms with Gasteiger partial charge in [-0.05, 0) is 42.4 Å². The monoisotopic (exact) mass is 301 g/mol. The van der Waals surface area contributed by atoms with E-state index < -0.39 is 4.92 Å². The number of hydrogen-bond donors (Lipinski definition) is 2. The van der Waals surface area contributed by atoms with Crippen molar-refractivity contribution in [2.45, 2.75) is 17.1 Å². The number of anilines is 1. The third kappa shape index (κ3) is 2.65. The van der Waals surface area contributed by atoms with Gasteiger partial charge in [0.05, 0.1) is 16.0 Å². The van der Waals surface area contributed by atoms with Crippen LogP contribution < -0.4 is 5.73 Å². The molecule has 1 aromatic carbocycles. The molecule has 0 spiro atoms. The van der Waals surface area contributed by atoms with Crippen molar-refractivity contribution in [2.24, 2.45) is 0 Å². The van der Waals surface area contributed by atoms with Crippen LogP contribution in [0, 0.1) is 17.0 Å². The summed E-state index contributed by atoms with van der Waals surface area (Å²) in [5.74, 6) is 0.232. The van der Waals surface area contributed by atoms with Crippen molar-refractivity contribution >= 4 is 34.3 Å². The molecular formula is C13H11N5O2S. The van der Waals surface area contributed by atoms with Crippen molar-refractivity contribution < 1.29 is 4.92 Å².